The molecule has 0 aliphatic carbocycles. The van der Waals surface area contributed by atoms with E-state index in [0.29, 0.717) is 6.04 Å². The van der Waals surface area contributed by atoms with Crippen LogP contribution in [0.1, 0.15) is 37.6 Å². The fourth-order valence-corrected chi connectivity index (χ4v) is 3.62. The fraction of sp³-hybridized carbons (Fsp3) is 0.562. The number of piperidine rings is 1. The molecule has 1 aliphatic rings. The minimum Gasteiger partial charge on any atom is -0.493 e. The van der Waals surface area contributed by atoms with Crippen molar-refractivity contribution >= 4 is 21.6 Å². The zero-order chi connectivity index (χ0) is 13.8. The Bertz CT molecular complexity index is 561. The van der Waals surface area contributed by atoms with Crippen LogP contribution in [0.5, 0.6) is 5.75 Å². The van der Waals surface area contributed by atoms with Gasteiger partial charge in [-0.1, -0.05) is 13.3 Å². The number of rotatable bonds is 5. The van der Waals surface area contributed by atoms with E-state index in [1.165, 1.54) is 29.0 Å². The number of benzene rings is 1. The summed E-state index contributed by atoms with van der Waals surface area (Å²) < 4.78 is 7.13. The summed E-state index contributed by atoms with van der Waals surface area (Å²) in [5.41, 5.74) is 1.09. The van der Waals surface area contributed by atoms with Gasteiger partial charge >= 0.3 is 0 Å². The van der Waals surface area contributed by atoms with Crippen LogP contribution in [0.15, 0.2) is 18.2 Å². The van der Waals surface area contributed by atoms with Crippen molar-refractivity contribution in [3.05, 3.63) is 23.2 Å². The van der Waals surface area contributed by atoms with Crippen LogP contribution in [-0.2, 0) is 6.42 Å². The first-order valence-corrected chi connectivity index (χ1v) is 8.42. The largest absolute Gasteiger partial charge is 0.493 e. The molecule has 0 amide bonds. The molecular formula is C16H22N2OS. The number of aromatic nitrogens is 1. The molecule has 1 unspecified atom stereocenters. The van der Waals surface area contributed by atoms with E-state index < -0.39 is 0 Å². The summed E-state index contributed by atoms with van der Waals surface area (Å²) in [7, 11) is 0. The van der Waals surface area contributed by atoms with E-state index in [9.17, 15) is 0 Å². The number of hydrogen-bond acceptors (Lipinski definition) is 4. The lowest BCUT2D eigenvalue weighted by Crippen LogP contribution is -2.35. The molecule has 1 aromatic carbocycles. The van der Waals surface area contributed by atoms with Crippen LogP contribution in [0.2, 0.25) is 0 Å². The maximum atomic E-state index is 5.90. The molecule has 4 heteroatoms. The first-order chi connectivity index (χ1) is 9.85. The molecule has 0 saturated carbocycles. The summed E-state index contributed by atoms with van der Waals surface area (Å²) >= 11 is 1.77. The zero-order valence-electron chi connectivity index (χ0n) is 12.0. The number of fused-ring (bicyclic) bond motifs is 1. The Kier molecular flexibility index (Phi) is 4.53. The van der Waals surface area contributed by atoms with E-state index in [1.54, 1.807) is 11.3 Å². The third kappa shape index (κ3) is 3.30. The Labute approximate surface area is 124 Å². The Balaban J connectivity index is 1.56. The molecule has 1 atom stereocenters. The van der Waals surface area contributed by atoms with Gasteiger partial charge in [0.25, 0.3) is 0 Å². The number of ether oxygens (including phenoxy) is 1. The van der Waals surface area contributed by atoms with Gasteiger partial charge in [-0.2, -0.15) is 0 Å². The molecule has 0 radical (unpaired) electrons. The van der Waals surface area contributed by atoms with Gasteiger partial charge in [-0.05, 0) is 50.4 Å². The van der Waals surface area contributed by atoms with Crippen molar-refractivity contribution in [3.63, 3.8) is 0 Å². The van der Waals surface area contributed by atoms with Crippen molar-refractivity contribution < 1.29 is 4.74 Å². The van der Waals surface area contributed by atoms with E-state index in [-0.39, 0.29) is 0 Å². The summed E-state index contributed by atoms with van der Waals surface area (Å²) in [6.07, 6.45) is 6.06. The highest BCUT2D eigenvalue weighted by atomic mass is 32.1. The number of aryl methyl sites for hydroxylation is 1. The van der Waals surface area contributed by atoms with Gasteiger partial charge in [-0.25, -0.2) is 4.98 Å². The first kappa shape index (κ1) is 13.8. The van der Waals surface area contributed by atoms with Crippen LogP contribution in [0.25, 0.3) is 10.2 Å². The first-order valence-electron chi connectivity index (χ1n) is 7.61. The molecule has 1 aliphatic heterocycles. The normalized spacial score (nSPS) is 19.4. The van der Waals surface area contributed by atoms with E-state index in [1.807, 2.05) is 6.07 Å². The average Bonchev–Trinajstić information content (AvgIpc) is 2.91. The quantitative estimate of drug-likeness (QED) is 0.910. The Morgan fingerprint density at radius 2 is 2.35 bits per heavy atom. The molecule has 2 heterocycles. The monoisotopic (exact) mass is 290 g/mol. The maximum Gasteiger partial charge on any atom is 0.120 e. The molecule has 0 spiro atoms. The molecule has 1 fully saturated rings. The van der Waals surface area contributed by atoms with Crippen LogP contribution in [0.3, 0.4) is 0 Å². The van der Waals surface area contributed by atoms with Crippen LogP contribution < -0.4 is 10.1 Å². The highest BCUT2D eigenvalue weighted by molar-refractivity contribution is 7.18. The van der Waals surface area contributed by atoms with Crippen LogP contribution in [-0.4, -0.2) is 24.2 Å². The summed E-state index contributed by atoms with van der Waals surface area (Å²) in [5.74, 6) is 0.972. The third-order valence-corrected chi connectivity index (χ3v) is 5.02. The van der Waals surface area contributed by atoms with E-state index in [0.717, 1.165) is 37.3 Å². The Morgan fingerprint density at radius 3 is 3.15 bits per heavy atom. The van der Waals surface area contributed by atoms with Crippen molar-refractivity contribution in [1.29, 1.82) is 0 Å². The van der Waals surface area contributed by atoms with Crippen molar-refractivity contribution in [2.24, 2.45) is 0 Å². The molecule has 1 N–H and O–H groups in total. The number of thiazole rings is 1. The van der Waals surface area contributed by atoms with Gasteiger partial charge in [-0.3, -0.25) is 0 Å². The predicted octanol–water partition coefficient (Wildman–Crippen LogP) is 3.77. The van der Waals surface area contributed by atoms with Crippen LogP contribution >= 0.6 is 11.3 Å². The minimum atomic E-state index is 0.641. The molecule has 0 bridgehead atoms. The van der Waals surface area contributed by atoms with Gasteiger partial charge in [0.1, 0.15) is 5.75 Å². The lowest BCUT2D eigenvalue weighted by Gasteiger charge is -2.23. The van der Waals surface area contributed by atoms with Gasteiger partial charge in [-0.15, -0.1) is 11.3 Å². The maximum absolute atomic E-state index is 5.90. The molecule has 2 aromatic rings. The SMILES string of the molecule is CCc1nc2ccc(OCCC3CCCCN3)cc2s1. The summed E-state index contributed by atoms with van der Waals surface area (Å²) in [6, 6.07) is 6.87. The second kappa shape index (κ2) is 6.55. The van der Waals surface area contributed by atoms with E-state index >= 15 is 0 Å². The lowest BCUT2D eigenvalue weighted by molar-refractivity contribution is 0.268. The van der Waals surface area contributed by atoms with Gasteiger partial charge in [0.2, 0.25) is 0 Å². The smallest absolute Gasteiger partial charge is 0.120 e. The molecule has 20 heavy (non-hydrogen) atoms. The Hall–Kier alpha value is -1.13. The van der Waals surface area contributed by atoms with Crippen molar-refractivity contribution in [1.82, 2.24) is 10.3 Å². The molecule has 1 saturated heterocycles. The van der Waals surface area contributed by atoms with Gasteiger partial charge in [0.05, 0.1) is 21.8 Å². The zero-order valence-corrected chi connectivity index (χ0v) is 12.8. The second-order valence-electron chi connectivity index (χ2n) is 5.37. The van der Waals surface area contributed by atoms with Crippen molar-refractivity contribution in [2.75, 3.05) is 13.2 Å². The number of hydrogen-bond donors (Lipinski definition) is 1. The molecule has 3 rings (SSSR count). The molecular weight excluding hydrogens is 268 g/mol. The van der Waals surface area contributed by atoms with Crippen LogP contribution in [0, 0.1) is 0 Å². The minimum absolute atomic E-state index is 0.641. The lowest BCUT2D eigenvalue weighted by atomic mass is 10.0. The highest BCUT2D eigenvalue weighted by Gasteiger charge is 2.12. The van der Waals surface area contributed by atoms with Crippen molar-refractivity contribution in [3.8, 4) is 5.75 Å². The van der Waals surface area contributed by atoms with Crippen molar-refractivity contribution in [2.45, 2.75) is 45.1 Å². The number of nitrogens with zero attached hydrogens (tertiary/aromatic N) is 1. The predicted molar refractivity (Wildman–Crippen MR) is 84.8 cm³/mol. The van der Waals surface area contributed by atoms with Gasteiger partial charge in [0, 0.05) is 6.04 Å². The van der Waals surface area contributed by atoms with E-state index in [2.05, 4.69) is 29.4 Å². The van der Waals surface area contributed by atoms with Crippen LogP contribution in [0.4, 0.5) is 0 Å². The summed E-state index contributed by atoms with van der Waals surface area (Å²) in [5, 5.41) is 4.76. The number of nitrogens with one attached hydrogen (secondary N) is 1. The topological polar surface area (TPSA) is 34.1 Å². The van der Waals surface area contributed by atoms with E-state index in [4.69, 9.17) is 4.74 Å². The summed E-state index contributed by atoms with van der Waals surface area (Å²) in [4.78, 5) is 4.58. The highest BCUT2D eigenvalue weighted by Crippen LogP contribution is 2.26. The fourth-order valence-electron chi connectivity index (χ4n) is 2.68. The molecule has 1 aromatic heterocycles. The standard InChI is InChI=1S/C16H22N2OS/c1-2-16-18-14-7-6-13(11-15(14)20-16)19-10-8-12-5-3-4-9-17-12/h6-7,11-12,17H,2-5,8-10H2,1H3. The van der Waals surface area contributed by atoms with Gasteiger partial charge in [0.15, 0.2) is 0 Å². The van der Waals surface area contributed by atoms with Gasteiger partial charge < -0.3 is 10.1 Å². The molecule has 108 valence electrons. The summed E-state index contributed by atoms with van der Waals surface area (Å²) in [6.45, 7) is 4.10. The second-order valence-corrected chi connectivity index (χ2v) is 6.49. The molecule has 3 nitrogen and oxygen atoms in total. The average molecular weight is 290 g/mol. The Morgan fingerprint density at radius 1 is 1.40 bits per heavy atom. The third-order valence-electron chi connectivity index (χ3n) is 3.85.